The summed E-state index contributed by atoms with van der Waals surface area (Å²) in [5, 5.41) is 0. The molecule has 2 aromatic rings. The van der Waals surface area contributed by atoms with Gasteiger partial charge in [0.05, 0.1) is 6.61 Å². The molecule has 4 heteroatoms. The first-order valence-corrected chi connectivity index (χ1v) is 7.11. The summed E-state index contributed by atoms with van der Waals surface area (Å²) in [5.41, 5.74) is 0. The minimum Gasteiger partial charge on any atom is -0.494 e. The molecule has 0 radical (unpaired) electrons. The summed E-state index contributed by atoms with van der Waals surface area (Å²) in [6, 6.07) is 9.89. The Morgan fingerprint density at radius 1 is 1.25 bits per heavy atom. The lowest BCUT2D eigenvalue weighted by molar-refractivity contribution is 0.0672. The van der Waals surface area contributed by atoms with Crippen LogP contribution >= 0.6 is 0 Å². The first-order valence-electron chi connectivity index (χ1n) is 7.11. The molecule has 4 nitrogen and oxygen atoms in total. The SMILES string of the molecule is CCO[C@@H](C)c1nccn1CCCOc1ccccc1. The van der Waals surface area contributed by atoms with E-state index in [4.69, 9.17) is 9.47 Å². The number of benzene rings is 1. The quantitative estimate of drug-likeness (QED) is 0.692. The molecule has 0 spiro atoms. The van der Waals surface area contributed by atoms with Crippen LogP contribution in [0.2, 0.25) is 0 Å². The Bertz CT molecular complexity index is 496. The largest absolute Gasteiger partial charge is 0.494 e. The van der Waals surface area contributed by atoms with Crippen LogP contribution in [0.25, 0.3) is 0 Å². The first kappa shape index (κ1) is 14.6. The maximum atomic E-state index is 5.69. The van der Waals surface area contributed by atoms with E-state index in [1.807, 2.05) is 56.6 Å². The van der Waals surface area contributed by atoms with Crippen LogP contribution < -0.4 is 4.74 Å². The molecule has 1 aromatic heterocycles. The van der Waals surface area contributed by atoms with Crippen molar-refractivity contribution in [1.82, 2.24) is 9.55 Å². The summed E-state index contributed by atoms with van der Waals surface area (Å²) < 4.78 is 13.4. The van der Waals surface area contributed by atoms with Crippen molar-refractivity contribution in [3.8, 4) is 5.75 Å². The van der Waals surface area contributed by atoms with E-state index >= 15 is 0 Å². The number of hydrogen-bond donors (Lipinski definition) is 0. The second-order valence-electron chi connectivity index (χ2n) is 4.59. The molecule has 0 aliphatic heterocycles. The van der Waals surface area contributed by atoms with Gasteiger partial charge in [-0.25, -0.2) is 4.98 Å². The predicted molar refractivity (Wildman–Crippen MR) is 78.8 cm³/mol. The summed E-state index contributed by atoms with van der Waals surface area (Å²) in [7, 11) is 0. The average Bonchev–Trinajstić information content (AvgIpc) is 2.93. The normalized spacial score (nSPS) is 12.3. The lowest BCUT2D eigenvalue weighted by Crippen LogP contribution is -2.11. The standard InChI is InChI=1S/C16H22N2O2/c1-3-19-14(2)16-17-10-12-18(16)11-7-13-20-15-8-5-4-6-9-15/h4-6,8-10,12,14H,3,7,11,13H2,1-2H3/t14-/m0/s1. The van der Waals surface area contributed by atoms with Crippen LogP contribution in [0.15, 0.2) is 42.7 Å². The van der Waals surface area contributed by atoms with Crippen LogP contribution in [-0.4, -0.2) is 22.8 Å². The number of rotatable bonds is 8. The van der Waals surface area contributed by atoms with Crippen molar-refractivity contribution in [1.29, 1.82) is 0 Å². The molecule has 0 N–H and O–H groups in total. The summed E-state index contributed by atoms with van der Waals surface area (Å²) in [5.74, 6) is 1.90. The van der Waals surface area contributed by atoms with Gasteiger partial charge < -0.3 is 14.0 Å². The Morgan fingerprint density at radius 3 is 2.80 bits per heavy atom. The number of nitrogens with zero attached hydrogens (tertiary/aromatic N) is 2. The topological polar surface area (TPSA) is 36.3 Å². The van der Waals surface area contributed by atoms with Crippen molar-refractivity contribution in [3.63, 3.8) is 0 Å². The van der Waals surface area contributed by atoms with Crippen molar-refractivity contribution < 1.29 is 9.47 Å². The average molecular weight is 274 g/mol. The van der Waals surface area contributed by atoms with E-state index in [0.29, 0.717) is 13.2 Å². The molecule has 0 aliphatic carbocycles. The molecule has 20 heavy (non-hydrogen) atoms. The minimum atomic E-state index is 0.0324. The molecule has 0 amide bonds. The monoisotopic (exact) mass is 274 g/mol. The van der Waals surface area contributed by atoms with E-state index < -0.39 is 0 Å². The summed E-state index contributed by atoms with van der Waals surface area (Å²) in [6.45, 7) is 6.32. The molecule has 108 valence electrons. The zero-order chi connectivity index (χ0) is 14.2. The second kappa shape index (κ2) is 7.70. The van der Waals surface area contributed by atoms with Gasteiger partial charge in [-0.05, 0) is 32.4 Å². The van der Waals surface area contributed by atoms with E-state index in [9.17, 15) is 0 Å². The van der Waals surface area contributed by atoms with Crippen LogP contribution in [-0.2, 0) is 11.3 Å². The van der Waals surface area contributed by atoms with Gasteiger partial charge in [-0.3, -0.25) is 0 Å². The van der Waals surface area contributed by atoms with Crippen molar-refractivity contribution in [2.24, 2.45) is 0 Å². The second-order valence-corrected chi connectivity index (χ2v) is 4.59. The number of aromatic nitrogens is 2. The fourth-order valence-corrected chi connectivity index (χ4v) is 2.13. The molecule has 1 aromatic carbocycles. The lowest BCUT2D eigenvalue weighted by atomic mass is 10.3. The maximum Gasteiger partial charge on any atom is 0.137 e. The molecule has 0 unspecified atom stereocenters. The fraction of sp³-hybridized carbons (Fsp3) is 0.438. The molecule has 0 aliphatic rings. The van der Waals surface area contributed by atoms with Crippen LogP contribution in [0, 0.1) is 0 Å². The van der Waals surface area contributed by atoms with Gasteiger partial charge in [0.1, 0.15) is 17.7 Å². The van der Waals surface area contributed by atoms with Crippen LogP contribution in [0.5, 0.6) is 5.75 Å². The third-order valence-corrected chi connectivity index (χ3v) is 3.08. The van der Waals surface area contributed by atoms with Crippen LogP contribution in [0.3, 0.4) is 0 Å². The molecule has 2 rings (SSSR count). The predicted octanol–water partition coefficient (Wildman–Crippen LogP) is 3.45. The zero-order valence-electron chi connectivity index (χ0n) is 12.2. The highest BCUT2D eigenvalue weighted by atomic mass is 16.5. The molecule has 0 saturated heterocycles. The van der Waals surface area contributed by atoms with Gasteiger partial charge in [-0.15, -0.1) is 0 Å². The molecular weight excluding hydrogens is 252 g/mol. The Kier molecular flexibility index (Phi) is 5.62. The van der Waals surface area contributed by atoms with Crippen molar-refractivity contribution in [3.05, 3.63) is 48.5 Å². The van der Waals surface area contributed by atoms with Crippen molar-refractivity contribution >= 4 is 0 Å². The van der Waals surface area contributed by atoms with E-state index in [0.717, 1.165) is 24.5 Å². The minimum absolute atomic E-state index is 0.0324. The fourth-order valence-electron chi connectivity index (χ4n) is 2.13. The smallest absolute Gasteiger partial charge is 0.137 e. The zero-order valence-corrected chi connectivity index (χ0v) is 12.2. The Morgan fingerprint density at radius 2 is 2.05 bits per heavy atom. The third-order valence-electron chi connectivity index (χ3n) is 3.08. The first-order chi connectivity index (χ1) is 9.81. The van der Waals surface area contributed by atoms with E-state index in [1.54, 1.807) is 0 Å². The van der Waals surface area contributed by atoms with Crippen LogP contribution in [0.1, 0.15) is 32.2 Å². The number of hydrogen-bond acceptors (Lipinski definition) is 3. The van der Waals surface area contributed by atoms with E-state index in [1.165, 1.54) is 0 Å². The van der Waals surface area contributed by atoms with Gasteiger partial charge in [-0.1, -0.05) is 18.2 Å². The number of aryl methyl sites for hydroxylation is 1. The molecular formula is C16H22N2O2. The Balaban J connectivity index is 1.78. The third kappa shape index (κ3) is 4.10. The maximum absolute atomic E-state index is 5.69. The highest BCUT2D eigenvalue weighted by molar-refractivity contribution is 5.20. The lowest BCUT2D eigenvalue weighted by Gasteiger charge is -2.14. The molecule has 0 bridgehead atoms. The molecule has 1 heterocycles. The van der Waals surface area contributed by atoms with Gasteiger partial charge in [0, 0.05) is 25.5 Å². The van der Waals surface area contributed by atoms with Crippen molar-refractivity contribution in [2.75, 3.05) is 13.2 Å². The number of imidazole rings is 1. The molecule has 1 atom stereocenters. The van der Waals surface area contributed by atoms with Gasteiger partial charge in [0.25, 0.3) is 0 Å². The van der Waals surface area contributed by atoms with Gasteiger partial charge >= 0.3 is 0 Å². The summed E-state index contributed by atoms with van der Waals surface area (Å²) in [6.07, 6.45) is 4.79. The van der Waals surface area contributed by atoms with E-state index in [2.05, 4.69) is 9.55 Å². The van der Waals surface area contributed by atoms with Crippen LogP contribution in [0.4, 0.5) is 0 Å². The van der Waals surface area contributed by atoms with Crippen molar-refractivity contribution in [2.45, 2.75) is 32.9 Å². The number of ether oxygens (including phenoxy) is 2. The summed E-state index contributed by atoms with van der Waals surface area (Å²) >= 11 is 0. The molecule has 0 fully saturated rings. The summed E-state index contributed by atoms with van der Waals surface area (Å²) in [4.78, 5) is 4.37. The van der Waals surface area contributed by atoms with Gasteiger partial charge in [0.2, 0.25) is 0 Å². The van der Waals surface area contributed by atoms with Gasteiger partial charge in [-0.2, -0.15) is 0 Å². The number of para-hydroxylation sites is 1. The molecule has 0 saturated carbocycles. The Hall–Kier alpha value is -1.81. The van der Waals surface area contributed by atoms with Gasteiger partial charge in [0.15, 0.2) is 0 Å². The Labute approximate surface area is 120 Å². The van der Waals surface area contributed by atoms with E-state index in [-0.39, 0.29) is 6.10 Å². The highest BCUT2D eigenvalue weighted by Crippen LogP contribution is 2.15. The highest BCUT2D eigenvalue weighted by Gasteiger charge is 2.11.